The highest BCUT2D eigenvalue weighted by molar-refractivity contribution is 7.19. The second kappa shape index (κ2) is 17.5. The van der Waals surface area contributed by atoms with Crippen molar-refractivity contribution in [2.45, 2.75) is 78.1 Å². The SMILES string of the molecule is CCCCCCc1ccc(-c2ccc(-c3ccc(-c4ccc(-c5ccc(CCCCCC)cc5)s4)c4c3[nH+]c(-c3ccc(-c5ccccc5)s3)n4C)s2)cc1. The molecule has 4 heterocycles. The van der Waals surface area contributed by atoms with Crippen LogP contribution in [0.5, 0.6) is 0 Å². The van der Waals surface area contributed by atoms with Gasteiger partial charge < -0.3 is 0 Å². The van der Waals surface area contributed by atoms with Gasteiger partial charge in [-0.1, -0.05) is 131 Å². The molecule has 0 aliphatic rings. The molecule has 0 atom stereocenters. The number of imidazole rings is 1. The van der Waals surface area contributed by atoms with E-state index in [0.717, 1.165) is 5.82 Å². The van der Waals surface area contributed by atoms with Crippen LogP contribution in [0.15, 0.2) is 127 Å². The van der Waals surface area contributed by atoms with Crippen molar-refractivity contribution in [2.24, 2.45) is 7.05 Å². The van der Waals surface area contributed by atoms with Crippen molar-refractivity contribution in [3.05, 3.63) is 139 Å². The Bertz CT molecular complexity index is 2460. The third-order valence-corrected chi connectivity index (χ3v) is 14.3. The van der Waals surface area contributed by atoms with Gasteiger partial charge in [0.2, 0.25) is 0 Å². The zero-order valence-electron chi connectivity index (χ0n) is 32.4. The first-order chi connectivity index (χ1) is 27.1. The van der Waals surface area contributed by atoms with Crippen LogP contribution in [0, 0.1) is 0 Å². The van der Waals surface area contributed by atoms with E-state index in [-0.39, 0.29) is 0 Å². The molecule has 0 aliphatic carbocycles. The molecule has 278 valence electrons. The second-order valence-electron chi connectivity index (χ2n) is 14.8. The lowest BCUT2D eigenvalue weighted by atomic mass is 10.0. The Morgan fingerprint density at radius 2 is 0.891 bits per heavy atom. The number of hydrogen-bond acceptors (Lipinski definition) is 3. The quantitative estimate of drug-likeness (QED) is 0.0871. The van der Waals surface area contributed by atoms with Crippen molar-refractivity contribution in [3.63, 3.8) is 0 Å². The lowest BCUT2D eigenvalue weighted by Gasteiger charge is -2.05. The summed E-state index contributed by atoms with van der Waals surface area (Å²) in [6, 6.07) is 47.7. The number of aromatic nitrogens is 2. The summed E-state index contributed by atoms with van der Waals surface area (Å²) >= 11 is 5.62. The van der Waals surface area contributed by atoms with E-state index in [9.17, 15) is 0 Å². The van der Waals surface area contributed by atoms with Crippen LogP contribution < -0.4 is 4.98 Å². The average molecular weight is 776 g/mol. The Labute approximate surface area is 339 Å². The fraction of sp³-hybridized carbons (Fsp3) is 0.260. The number of unbranched alkanes of at least 4 members (excludes halogenated alkanes) is 6. The summed E-state index contributed by atoms with van der Waals surface area (Å²) in [5.41, 5.74) is 11.7. The number of nitrogens with one attached hydrogen (secondary N) is 1. The smallest absolute Gasteiger partial charge is 0.235 e. The molecule has 5 heteroatoms. The molecule has 0 saturated carbocycles. The molecule has 8 aromatic rings. The molecule has 4 aromatic heterocycles. The molecule has 8 rings (SSSR count). The number of H-pyrrole nitrogens is 1. The fourth-order valence-electron chi connectivity index (χ4n) is 7.69. The lowest BCUT2D eigenvalue weighted by molar-refractivity contribution is -0.331. The van der Waals surface area contributed by atoms with E-state index in [1.54, 1.807) is 0 Å². The van der Waals surface area contributed by atoms with Crippen LogP contribution in [0.3, 0.4) is 0 Å². The number of hydrogen-bond donors (Lipinski definition) is 0. The summed E-state index contributed by atoms with van der Waals surface area (Å²) in [6.07, 6.45) is 12.7. The first-order valence-electron chi connectivity index (χ1n) is 20.2. The van der Waals surface area contributed by atoms with E-state index in [0.29, 0.717) is 0 Å². The van der Waals surface area contributed by atoms with Crippen LogP contribution in [-0.4, -0.2) is 4.57 Å². The first-order valence-corrected chi connectivity index (χ1v) is 22.6. The maximum atomic E-state index is 3.96. The minimum Gasteiger partial charge on any atom is -0.235 e. The van der Waals surface area contributed by atoms with E-state index < -0.39 is 0 Å². The molecular formula is C50H51N2S3+. The van der Waals surface area contributed by atoms with Gasteiger partial charge in [0.25, 0.3) is 5.82 Å². The Morgan fingerprint density at radius 3 is 1.44 bits per heavy atom. The van der Waals surface area contributed by atoms with Gasteiger partial charge in [-0.05, 0) is 102 Å². The van der Waals surface area contributed by atoms with Crippen LogP contribution in [0.2, 0.25) is 0 Å². The molecule has 0 amide bonds. The van der Waals surface area contributed by atoms with Gasteiger partial charge in [-0.2, -0.15) is 0 Å². The van der Waals surface area contributed by atoms with Gasteiger partial charge >= 0.3 is 0 Å². The summed E-state index contributed by atoms with van der Waals surface area (Å²) in [6.45, 7) is 4.55. The molecule has 0 spiro atoms. The van der Waals surface area contributed by atoms with Crippen LogP contribution in [0.25, 0.3) is 73.9 Å². The number of aryl methyl sites for hydroxylation is 3. The number of aromatic amines is 1. The summed E-state index contributed by atoms with van der Waals surface area (Å²) < 4.78 is 2.38. The van der Waals surface area contributed by atoms with Gasteiger partial charge in [0.15, 0.2) is 11.0 Å². The Kier molecular flexibility index (Phi) is 11.9. The van der Waals surface area contributed by atoms with Gasteiger partial charge in [-0.3, -0.25) is 0 Å². The fourth-order valence-corrected chi connectivity index (χ4v) is 10.8. The van der Waals surface area contributed by atoms with Crippen molar-refractivity contribution in [2.75, 3.05) is 0 Å². The van der Waals surface area contributed by atoms with Crippen molar-refractivity contribution < 1.29 is 4.98 Å². The highest BCUT2D eigenvalue weighted by atomic mass is 32.1. The van der Waals surface area contributed by atoms with Crippen molar-refractivity contribution in [3.8, 4) is 62.9 Å². The topological polar surface area (TPSA) is 19.1 Å². The van der Waals surface area contributed by atoms with Gasteiger partial charge in [0.05, 0.1) is 7.05 Å². The molecule has 1 N–H and O–H groups in total. The minimum absolute atomic E-state index is 1.13. The van der Waals surface area contributed by atoms with E-state index >= 15 is 0 Å². The molecule has 0 saturated heterocycles. The van der Waals surface area contributed by atoms with Crippen LogP contribution in [0.4, 0.5) is 0 Å². The van der Waals surface area contributed by atoms with Crippen molar-refractivity contribution in [1.82, 2.24) is 4.57 Å². The van der Waals surface area contributed by atoms with Gasteiger partial charge in [-0.25, -0.2) is 9.55 Å². The predicted octanol–water partition coefficient (Wildman–Crippen LogP) is 15.4. The van der Waals surface area contributed by atoms with Crippen LogP contribution >= 0.6 is 34.0 Å². The normalized spacial score (nSPS) is 11.5. The van der Waals surface area contributed by atoms with Crippen LogP contribution in [-0.2, 0) is 19.9 Å². The highest BCUT2D eigenvalue weighted by Crippen LogP contribution is 2.44. The Hall–Kier alpha value is -4.55. The Morgan fingerprint density at radius 1 is 0.436 bits per heavy atom. The third kappa shape index (κ3) is 8.35. The number of fused-ring (bicyclic) bond motifs is 1. The number of rotatable bonds is 16. The maximum Gasteiger partial charge on any atom is 0.297 e. The second-order valence-corrected chi connectivity index (χ2v) is 18.0. The molecule has 55 heavy (non-hydrogen) atoms. The molecular weight excluding hydrogens is 725 g/mol. The summed E-state index contributed by atoms with van der Waals surface area (Å²) in [4.78, 5) is 11.7. The van der Waals surface area contributed by atoms with Crippen molar-refractivity contribution in [1.29, 1.82) is 0 Å². The highest BCUT2D eigenvalue weighted by Gasteiger charge is 2.26. The van der Waals surface area contributed by atoms with Gasteiger partial charge in [0.1, 0.15) is 4.88 Å². The monoisotopic (exact) mass is 775 g/mol. The molecule has 0 aliphatic heterocycles. The van der Waals surface area contributed by atoms with E-state index in [1.165, 1.54) is 143 Å². The molecule has 0 unspecified atom stereocenters. The molecule has 0 bridgehead atoms. The van der Waals surface area contributed by atoms with Crippen LogP contribution in [0.1, 0.15) is 76.3 Å². The molecule has 0 radical (unpaired) electrons. The van der Waals surface area contributed by atoms with Crippen molar-refractivity contribution >= 4 is 45.0 Å². The molecule has 4 aromatic carbocycles. The lowest BCUT2D eigenvalue weighted by Crippen LogP contribution is -2.05. The number of thiophene rings is 3. The third-order valence-electron chi connectivity index (χ3n) is 10.8. The summed E-state index contributed by atoms with van der Waals surface area (Å²) in [5, 5.41) is 0. The molecule has 2 nitrogen and oxygen atoms in total. The summed E-state index contributed by atoms with van der Waals surface area (Å²) in [7, 11) is 2.22. The van der Waals surface area contributed by atoms with E-state index in [2.05, 4.69) is 158 Å². The van der Waals surface area contributed by atoms with E-state index in [4.69, 9.17) is 0 Å². The van der Waals surface area contributed by atoms with Gasteiger partial charge in [0, 0.05) is 35.5 Å². The zero-order chi connectivity index (χ0) is 37.6. The predicted molar refractivity (Wildman–Crippen MR) is 241 cm³/mol. The standard InChI is InChI=1S/C50H50N2S3/c1-4-6-8-11-15-35-19-23-38(24-20-35)43-29-32-45(53-43)40-27-28-41(46-33-30-44(54-46)39-25-21-36(22-26-39)16-12-9-7-5-2)49-48(40)51-50(52(49)3)47-34-31-42(55-47)37-17-13-10-14-18-37/h10,13-14,17-34H,4-9,11-12,15-16H2,1-3H3/p+1. The first kappa shape index (κ1) is 37.4. The van der Waals surface area contributed by atoms with E-state index in [1.807, 2.05) is 34.0 Å². The number of benzene rings is 4. The summed E-state index contributed by atoms with van der Waals surface area (Å²) in [5.74, 6) is 1.13. The van der Waals surface area contributed by atoms with Gasteiger partial charge in [-0.15, -0.1) is 34.0 Å². The number of nitrogens with zero attached hydrogens (tertiary/aromatic N) is 1. The largest absolute Gasteiger partial charge is 0.297 e. The molecule has 0 fully saturated rings. The maximum absolute atomic E-state index is 3.96. The average Bonchev–Trinajstić information content (AvgIpc) is 4.06. The Balaban J connectivity index is 1.14. The minimum atomic E-state index is 1.13. The zero-order valence-corrected chi connectivity index (χ0v) is 34.8.